The third kappa shape index (κ3) is 3.92. The number of halogens is 2. The highest BCUT2D eigenvalue weighted by atomic mass is 19.2. The van der Waals surface area contributed by atoms with Gasteiger partial charge in [0.15, 0.2) is 17.3 Å². The van der Waals surface area contributed by atoms with Gasteiger partial charge in [0.25, 0.3) is 0 Å². The molecule has 0 spiro atoms. The molecule has 0 N–H and O–H groups in total. The van der Waals surface area contributed by atoms with Crippen molar-refractivity contribution in [1.29, 1.82) is 0 Å². The van der Waals surface area contributed by atoms with Crippen LogP contribution < -0.4 is 0 Å². The molecule has 1 saturated heterocycles. The van der Waals surface area contributed by atoms with Gasteiger partial charge in [0, 0.05) is 49.9 Å². The lowest BCUT2D eigenvalue weighted by Gasteiger charge is -2.34. The van der Waals surface area contributed by atoms with Gasteiger partial charge in [-0.3, -0.25) is 9.69 Å². The highest BCUT2D eigenvalue weighted by Gasteiger charge is 2.28. The Bertz CT molecular complexity index is 1130. The van der Waals surface area contributed by atoms with Gasteiger partial charge in [0.05, 0.1) is 5.69 Å². The Morgan fingerprint density at radius 1 is 1.13 bits per heavy atom. The molecular formula is C23H25F2N5O. The van der Waals surface area contributed by atoms with Crippen molar-refractivity contribution >= 4 is 16.9 Å². The van der Waals surface area contributed by atoms with Crippen molar-refractivity contribution in [2.24, 2.45) is 0 Å². The maximum absolute atomic E-state index is 13.9. The Labute approximate surface area is 179 Å². The topological polar surface area (TPSA) is 54.3 Å². The number of hydrogen-bond donors (Lipinski definition) is 0. The summed E-state index contributed by atoms with van der Waals surface area (Å²) in [5.41, 5.74) is 3.32. The molecule has 5 rings (SSSR count). The number of pyridine rings is 1. The third-order valence-corrected chi connectivity index (χ3v) is 6.29. The molecule has 3 aromatic rings. The molecule has 0 bridgehead atoms. The van der Waals surface area contributed by atoms with E-state index in [1.165, 1.54) is 24.5 Å². The second kappa shape index (κ2) is 8.00. The van der Waals surface area contributed by atoms with Crippen molar-refractivity contribution < 1.29 is 13.6 Å². The number of carbonyl (C=O) groups excluding carboxylic acids is 1. The molecule has 6 nitrogen and oxygen atoms in total. The molecule has 0 radical (unpaired) electrons. The second-order valence-electron chi connectivity index (χ2n) is 8.49. The number of aryl methyl sites for hydroxylation is 1. The first-order valence-corrected chi connectivity index (χ1v) is 10.8. The van der Waals surface area contributed by atoms with Crippen LogP contribution in [0.15, 0.2) is 30.5 Å². The summed E-state index contributed by atoms with van der Waals surface area (Å²) in [5, 5.41) is 5.69. The number of carbonyl (C=O) groups is 1. The number of amides is 1. The lowest BCUT2D eigenvalue weighted by molar-refractivity contribution is -0.133. The zero-order valence-corrected chi connectivity index (χ0v) is 17.5. The highest BCUT2D eigenvalue weighted by molar-refractivity contribution is 5.85. The molecule has 1 aromatic carbocycles. The van der Waals surface area contributed by atoms with E-state index >= 15 is 0 Å². The lowest BCUT2D eigenvalue weighted by atomic mass is 10.1. The van der Waals surface area contributed by atoms with E-state index in [-0.39, 0.29) is 12.5 Å². The van der Waals surface area contributed by atoms with Crippen LogP contribution in [-0.2, 0) is 17.9 Å². The minimum Gasteiger partial charge on any atom is -0.339 e. The van der Waals surface area contributed by atoms with Gasteiger partial charge in [0.1, 0.15) is 6.54 Å². The first kappa shape index (κ1) is 20.1. The fourth-order valence-corrected chi connectivity index (χ4v) is 4.45. The van der Waals surface area contributed by atoms with Crippen molar-refractivity contribution in [3.05, 3.63) is 58.9 Å². The summed E-state index contributed by atoms with van der Waals surface area (Å²) >= 11 is 0. The van der Waals surface area contributed by atoms with Crippen LogP contribution in [0.3, 0.4) is 0 Å². The summed E-state index contributed by atoms with van der Waals surface area (Å²) < 4.78 is 29.1. The van der Waals surface area contributed by atoms with E-state index in [4.69, 9.17) is 0 Å². The fraction of sp³-hybridized carbons (Fsp3) is 0.435. The fourth-order valence-electron chi connectivity index (χ4n) is 4.45. The lowest BCUT2D eigenvalue weighted by Crippen LogP contribution is -2.49. The van der Waals surface area contributed by atoms with E-state index in [0.29, 0.717) is 44.2 Å². The molecule has 2 fully saturated rings. The summed E-state index contributed by atoms with van der Waals surface area (Å²) in [7, 11) is 0. The van der Waals surface area contributed by atoms with E-state index in [1.807, 2.05) is 22.9 Å². The predicted octanol–water partition coefficient (Wildman–Crippen LogP) is 3.24. The molecule has 1 saturated carbocycles. The van der Waals surface area contributed by atoms with Gasteiger partial charge < -0.3 is 4.90 Å². The van der Waals surface area contributed by atoms with E-state index in [0.717, 1.165) is 22.8 Å². The van der Waals surface area contributed by atoms with Crippen molar-refractivity contribution in [2.75, 3.05) is 26.2 Å². The molecular weight excluding hydrogens is 400 g/mol. The van der Waals surface area contributed by atoms with Crippen molar-refractivity contribution in [3.8, 4) is 0 Å². The quantitative estimate of drug-likeness (QED) is 0.630. The molecule has 1 aliphatic carbocycles. The van der Waals surface area contributed by atoms with Crippen LogP contribution in [0.1, 0.15) is 35.6 Å². The molecule has 0 atom stereocenters. The van der Waals surface area contributed by atoms with Crippen LogP contribution in [0.5, 0.6) is 0 Å². The first-order valence-electron chi connectivity index (χ1n) is 10.8. The van der Waals surface area contributed by atoms with Gasteiger partial charge in [-0.1, -0.05) is 12.1 Å². The monoisotopic (exact) mass is 425 g/mol. The molecule has 8 heteroatoms. The molecule has 31 heavy (non-hydrogen) atoms. The largest absolute Gasteiger partial charge is 0.339 e. The van der Waals surface area contributed by atoms with Crippen LogP contribution in [0, 0.1) is 18.6 Å². The summed E-state index contributed by atoms with van der Waals surface area (Å²) in [6, 6.07) is 6.32. The number of nitrogens with zero attached hydrogens (tertiary/aromatic N) is 5. The number of rotatable bonds is 5. The number of fused-ring (bicyclic) bond motifs is 1. The second-order valence-corrected chi connectivity index (χ2v) is 8.49. The summed E-state index contributed by atoms with van der Waals surface area (Å²) in [4.78, 5) is 21.3. The maximum atomic E-state index is 13.9. The molecule has 1 aliphatic heterocycles. The van der Waals surface area contributed by atoms with Gasteiger partial charge in [-0.2, -0.15) is 5.10 Å². The van der Waals surface area contributed by atoms with E-state index in [1.54, 1.807) is 10.7 Å². The van der Waals surface area contributed by atoms with Gasteiger partial charge in [-0.15, -0.1) is 0 Å². The molecule has 1 amide bonds. The van der Waals surface area contributed by atoms with Crippen LogP contribution in [0.25, 0.3) is 11.0 Å². The first-order chi connectivity index (χ1) is 15.0. The smallest absolute Gasteiger partial charge is 0.244 e. The Morgan fingerprint density at radius 2 is 1.90 bits per heavy atom. The number of piperazine rings is 1. The predicted molar refractivity (Wildman–Crippen MR) is 112 cm³/mol. The standard InChI is InChI=1S/C23H25F2N5O/c1-15-21-18(16-5-6-16)7-8-26-23(21)30(27-15)14-20(31)29-11-9-28(10-12-29)13-17-3-2-4-19(24)22(17)25/h2-4,7-8,16H,5-6,9-14H2,1H3. The average molecular weight is 425 g/mol. The molecule has 2 aromatic heterocycles. The Morgan fingerprint density at radius 3 is 2.65 bits per heavy atom. The normalized spacial score (nSPS) is 17.5. The minimum atomic E-state index is -0.827. The molecule has 0 unspecified atom stereocenters. The van der Waals surface area contributed by atoms with Gasteiger partial charge in [0.2, 0.25) is 5.91 Å². The molecule has 3 heterocycles. The van der Waals surface area contributed by atoms with Crippen molar-refractivity contribution in [2.45, 2.75) is 38.8 Å². The summed E-state index contributed by atoms with van der Waals surface area (Å²) in [6.45, 7) is 4.80. The molecule has 162 valence electrons. The highest BCUT2D eigenvalue weighted by Crippen LogP contribution is 2.43. The van der Waals surface area contributed by atoms with Crippen LogP contribution in [0.2, 0.25) is 0 Å². The minimum absolute atomic E-state index is 0.000360. The Balaban J connectivity index is 1.23. The van der Waals surface area contributed by atoms with Gasteiger partial charge in [-0.25, -0.2) is 18.4 Å². The van der Waals surface area contributed by atoms with Crippen LogP contribution in [0.4, 0.5) is 8.78 Å². The SMILES string of the molecule is Cc1nn(CC(=O)N2CCN(Cc3cccc(F)c3F)CC2)c2nccc(C3CC3)c12. The van der Waals surface area contributed by atoms with Crippen LogP contribution in [-0.4, -0.2) is 56.7 Å². The van der Waals surface area contributed by atoms with E-state index < -0.39 is 11.6 Å². The van der Waals surface area contributed by atoms with E-state index in [2.05, 4.69) is 16.1 Å². The molecule has 2 aliphatic rings. The Kier molecular flexibility index (Phi) is 5.17. The summed E-state index contributed by atoms with van der Waals surface area (Å²) in [5.74, 6) is -1.03. The van der Waals surface area contributed by atoms with Crippen LogP contribution >= 0.6 is 0 Å². The third-order valence-electron chi connectivity index (χ3n) is 6.29. The van der Waals surface area contributed by atoms with Crippen molar-refractivity contribution in [3.63, 3.8) is 0 Å². The maximum Gasteiger partial charge on any atom is 0.244 e. The number of aromatic nitrogens is 3. The van der Waals surface area contributed by atoms with Gasteiger partial charge >= 0.3 is 0 Å². The summed E-state index contributed by atoms with van der Waals surface area (Å²) in [6.07, 6.45) is 4.21. The Hall–Kier alpha value is -2.87. The average Bonchev–Trinajstić information content (AvgIpc) is 3.57. The van der Waals surface area contributed by atoms with Crippen molar-refractivity contribution in [1.82, 2.24) is 24.6 Å². The zero-order valence-electron chi connectivity index (χ0n) is 17.5. The number of hydrogen-bond acceptors (Lipinski definition) is 4. The zero-order chi connectivity index (χ0) is 21.5. The van der Waals surface area contributed by atoms with E-state index in [9.17, 15) is 13.6 Å². The van der Waals surface area contributed by atoms with Gasteiger partial charge in [-0.05, 0) is 43.4 Å². The number of benzene rings is 1.